The van der Waals surface area contributed by atoms with Crippen molar-refractivity contribution in [1.29, 1.82) is 0 Å². The van der Waals surface area contributed by atoms with Crippen LogP contribution in [0.4, 0.5) is 0 Å². The zero-order valence-corrected chi connectivity index (χ0v) is 12.8. The lowest BCUT2D eigenvalue weighted by atomic mass is 9.90. The largest absolute Gasteiger partial charge is 0.497 e. The van der Waals surface area contributed by atoms with Crippen molar-refractivity contribution >= 4 is 0 Å². The molecule has 0 radical (unpaired) electrons. The molecule has 1 N–H and O–H groups in total. The number of nitrogens with zero attached hydrogens (tertiary/aromatic N) is 1. The zero-order valence-electron chi connectivity index (χ0n) is 12.8. The van der Waals surface area contributed by atoms with Gasteiger partial charge in [0.25, 0.3) is 0 Å². The molecule has 4 unspecified atom stereocenters. The third-order valence-corrected chi connectivity index (χ3v) is 5.93. The lowest BCUT2D eigenvalue weighted by molar-refractivity contribution is 0.00301. The van der Waals surface area contributed by atoms with E-state index in [0.29, 0.717) is 0 Å². The first-order chi connectivity index (χ1) is 10.3. The Hall–Kier alpha value is -1.06. The predicted octanol–water partition coefficient (Wildman–Crippen LogP) is 2.92. The molecule has 114 valence electrons. The van der Waals surface area contributed by atoms with Crippen molar-refractivity contribution in [2.75, 3.05) is 13.7 Å². The molecule has 0 aromatic heterocycles. The highest BCUT2D eigenvalue weighted by molar-refractivity contribution is 5.42. The zero-order chi connectivity index (χ0) is 14.4. The summed E-state index contributed by atoms with van der Waals surface area (Å²) in [7, 11) is 1.69. The van der Waals surface area contributed by atoms with Gasteiger partial charge in [-0.15, -0.1) is 0 Å². The Morgan fingerprint density at radius 2 is 2.00 bits per heavy atom. The first-order valence-electron chi connectivity index (χ1n) is 8.38. The molecule has 1 saturated heterocycles. The third kappa shape index (κ3) is 2.18. The maximum atomic E-state index is 10.8. The number of hydrogen-bond acceptors (Lipinski definition) is 3. The highest BCUT2D eigenvalue weighted by Gasteiger charge is 2.43. The van der Waals surface area contributed by atoms with Gasteiger partial charge in [0.2, 0.25) is 0 Å². The Balaban J connectivity index is 1.59. The van der Waals surface area contributed by atoms with Crippen molar-refractivity contribution < 1.29 is 9.84 Å². The van der Waals surface area contributed by atoms with Crippen LogP contribution in [0.3, 0.4) is 0 Å². The van der Waals surface area contributed by atoms with Crippen LogP contribution in [0.1, 0.15) is 49.3 Å². The molecule has 3 aliphatic rings. The van der Waals surface area contributed by atoms with Crippen LogP contribution in [-0.2, 0) is 6.42 Å². The normalized spacial score (nSPS) is 35.5. The number of likely N-dealkylation sites (tertiary alicyclic amines) is 1. The van der Waals surface area contributed by atoms with Crippen molar-refractivity contribution in [3.05, 3.63) is 29.3 Å². The lowest BCUT2D eigenvalue weighted by Crippen LogP contribution is -2.50. The molecule has 1 aromatic rings. The van der Waals surface area contributed by atoms with E-state index in [9.17, 15) is 5.11 Å². The van der Waals surface area contributed by atoms with Gasteiger partial charge in [-0.25, -0.2) is 0 Å². The number of hydrogen-bond donors (Lipinski definition) is 1. The summed E-state index contributed by atoms with van der Waals surface area (Å²) in [6.07, 6.45) is 7.42. The fourth-order valence-electron chi connectivity index (χ4n) is 4.91. The molecule has 1 saturated carbocycles. The van der Waals surface area contributed by atoms with Crippen LogP contribution in [0.5, 0.6) is 5.75 Å². The van der Waals surface area contributed by atoms with Gasteiger partial charge in [-0.05, 0) is 67.8 Å². The molecule has 4 rings (SSSR count). The van der Waals surface area contributed by atoms with Crippen LogP contribution in [0.15, 0.2) is 18.2 Å². The van der Waals surface area contributed by atoms with E-state index < -0.39 is 0 Å². The van der Waals surface area contributed by atoms with Crippen molar-refractivity contribution in [1.82, 2.24) is 4.90 Å². The Morgan fingerprint density at radius 3 is 2.86 bits per heavy atom. The number of rotatable bonds is 2. The Labute approximate surface area is 126 Å². The minimum atomic E-state index is -0.352. The number of benzene rings is 1. The Bertz CT molecular complexity index is 530. The number of aliphatic hydroxyl groups excluding tert-OH is 1. The van der Waals surface area contributed by atoms with Gasteiger partial charge >= 0.3 is 0 Å². The first-order valence-corrected chi connectivity index (χ1v) is 8.38. The molecule has 0 bridgehead atoms. The average Bonchev–Trinajstić information content (AvgIpc) is 3.11. The molecule has 2 aliphatic carbocycles. The molecule has 1 aromatic carbocycles. The van der Waals surface area contributed by atoms with Crippen LogP contribution in [0.2, 0.25) is 0 Å². The molecule has 1 heterocycles. The van der Waals surface area contributed by atoms with Gasteiger partial charge in [-0.3, -0.25) is 4.90 Å². The number of fused-ring (bicyclic) bond motifs is 2. The molecule has 21 heavy (non-hydrogen) atoms. The molecule has 0 spiro atoms. The minimum absolute atomic E-state index is 0.276. The van der Waals surface area contributed by atoms with Crippen LogP contribution >= 0.6 is 0 Å². The van der Waals surface area contributed by atoms with E-state index in [1.165, 1.54) is 37.7 Å². The summed E-state index contributed by atoms with van der Waals surface area (Å²) in [6, 6.07) is 7.17. The summed E-state index contributed by atoms with van der Waals surface area (Å²) in [5, 5.41) is 10.8. The smallest absolute Gasteiger partial charge is 0.119 e. The molecule has 2 fully saturated rings. The molecule has 1 aliphatic heterocycles. The average molecular weight is 287 g/mol. The highest BCUT2D eigenvalue weighted by atomic mass is 16.5. The quantitative estimate of drug-likeness (QED) is 0.908. The third-order valence-electron chi connectivity index (χ3n) is 5.93. The lowest BCUT2D eigenvalue weighted by Gasteiger charge is -2.42. The second kappa shape index (κ2) is 5.29. The van der Waals surface area contributed by atoms with Gasteiger partial charge in [-0.1, -0.05) is 12.5 Å². The van der Waals surface area contributed by atoms with Crippen molar-refractivity contribution in [3.8, 4) is 5.75 Å². The fraction of sp³-hybridized carbons (Fsp3) is 0.667. The van der Waals surface area contributed by atoms with Gasteiger partial charge in [-0.2, -0.15) is 0 Å². The van der Waals surface area contributed by atoms with Gasteiger partial charge < -0.3 is 9.84 Å². The predicted molar refractivity (Wildman–Crippen MR) is 82.5 cm³/mol. The van der Waals surface area contributed by atoms with Crippen LogP contribution in [-0.4, -0.2) is 35.7 Å². The number of aliphatic hydroxyl groups is 1. The number of piperidine rings is 1. The van der Waals surface area contributed by atoms with E-state index >= 15 is 0 Å². The standard InChI is InChI=1S/C18H25NO2/c1-21-14-8-7-13-10-17(18(20)15(13)11-14)19-9-3-5-12-4-2-6-16(12)19/h7-8,11-12,16-18,20H,2-6,9-10H2,1H3. The monoisotopic (exact) mass is 287 g/mol. The van der Waals surface area contributed by atoms with Gasteiger partial charge in [0.05, 0.1) is 13.2 Å². The maximum Gasteiger partial charge on any atom is 0.119 e. The van der Waals surface area contributed by atoms with Crippen LogP contribution < -0.4 is 4.74 Å². The summed E-state index contributed by atoms with van der Waals surface area (Å²) in [4.78, 5) is 2.64. The summed E-state index contributed by atoms with van der Waals surface area (Å²) < 4.78 is 5.31. The first kappa shape index (κ1) is 13.6. The van der Waals surface area contributed by atoms with E-state index in [1.807, 2.05) is 12.1 Å². The van der Waals surface area contributed by atoms with E-state index in [1.54, 1.807) is 7.11 Å². The molecule has 0 amide bonds. The number of ether oxygens (including phenoxy) is 1. The Kier molecular flexibility index (Phi) is 3.43. The topological polar surface area (TPSA) is 32.7 Å². The maximum absolute atomic E-state index is 10.8. The second-order valence-electron chi connectivity index (χ2n) is 6.92. The molecular formula is C18H25NO2. The summed E-state index contributed by atoms with van der Waals surface area (Å²) in [5.41, 5.74) is 2.38. The molecular weight excluding hydrogens is 262 g/mol. The SMILES string of the molecule is COc1ccc2c(c1)C(O)C(N1CCCC3CCCC31)C2. The van der Waals surface area contributed by atoms with E-state index in [-0.39, 0.29) is 12.1 Å². The van der Waals surface area contributed by atoms with Gasteiger partial charge in [0.15, 0.2) is 0 Å². The number of methoxy groups -OCH3 is 1. The fourth-order valence-corrected chi connectivity index (χ4v) is 4.91. The van der Waals surface area contributed by atoms with Crippen LogP contribution in [0, 0.1) is 5.92 Å². The molecule has 3 heteroatoms. The Morgan fingerprint density at radius 1 is 1.14 bits per heavy atom. The van der Waals surface area contributed by atoms with E-state index in [0.717, 1.165) is 36.2 Å². The summed E-state index contributed by atoms with van der Waals surface area (Å²) in [5.74, 6) is 1.73. The van der Waals surface area contributed by atoms with Crippen molar-refractivity contribution in [2.24, 2.45) is 5.92 Å². The molecule has 4 atom stereocenters. The van der Waals surface area contributed by atoms with Gasteiger partial charge in [0, 0.05) is 12.1 Å². The van der Waals surface area contributed by atoms with Gasteiger partial charge in [0.1, 0.15) is 5.75 Å². The van der Waals surface area contributed by atoms with E-state index in [4.69, 9.17) is 4.74 Å². The van der Waals surface area contributed by atoms with Crippen LogP contribution in [0.25, 0.3) is 0 Å². The molecule has 3 nitrogen and oxygen atoms in total. The van der Waals surface area contributed by atoms with Crippen molar-refractivity contribution in [3.63, 3.8) is 0 Å². The minimum Gasteiger partial charge on any atom is -0.497 e. The van der Waals surface area contributed by atoms with E-state index in [2.05, 4.69) is 11.0 Å². The summed E-state index contributed by atoms with van der Waals surface area (Å²) >= 11 is 0. The summed E-state index contributed by atoms with van der Waals surface area (Å²) in [6.45, 7) is 1.16. The second-order valence-corrected chi connectivity index (χ2v) is 6.92. The van der Waals surface area contributed by atoms with Crippen molar-refractivity contribution in [2.45, 2.75) is 56.7 Å². The highest BCUT2D eigenvalue weighted by Crippen LogP contribution is 2.43.